The maximum absolute atomic E-state index is 9.51. The number of anilines is 1. The summed E-state index contributed by atoms with van der Waals surface area (Å²) in [4.78, 5) is 10.3. The molecule has 0 bridgehead atoms. The van der Waals surface area contributed by atoms with Crippen LogP contribution in [0.3, 0.4) is 0 Å². The van der Waals surface area contributed by atoms with E-state index < -0.39 is 0 Å². The Morgan fingerprint density at radius 2 is 2.12 bits per heavy atom. The van der Waals surface area contributed by atoms with Crippen molar-refractivity contribution in [2.24, 2.45) is 5.92 Å². The van der Waals surface area contributed by atoms with E-state index in [0.29, 0.717) is 11.1 Å². The van der Waals surface area contributed by atoms with Crippen LogP contribution in [0.5, 0.6) is 0 Å². The Morgan fingerprint density at radius 3 is 2.69 bits per heavy atom. The molecule has 88 valence electrons. The molecule has 1 atom stereocenters. The van der Waals surface area contributed by atoms with E-state index in [1.807, 2.05) is 6.92 Å². The largest absolute Gasteiger partial charge is 0.393 e. The zero-order valence-corrected chi connectivity index (χ0v) is 10.1. The first-order valence-corrected chi connectivity index (χ1v) is 5.95. The summed E-state index contributed by atoms with van der Waals surface area (Å²) < 4.78 is 0. The molecule has 2 rings (SSSR count). The van der Waals surface area contributed by atoms with Gasteiger partial charge in [0.2, 0.25) is 0 Å². The molecule has 1 saturated heterocycles. The third-order valence-corrected chi connectivity index (χ3v) is 3.37. The second-order valence-electron chi connectivity index (χ2n) is 4.26. The van der Waals surface area contributed by atoms with Crippen molar-refractivity contribution in [3.05, 3.63) is 17.5 Å². The highest BCUT2D eigenvalue weighted by Gasteiger charge is 2.23. The Balaban J connectivity index is 1.99. The van der Waals surface area contributed by atoms with Crippen LogP contribution in [0.1, 0.15) is 19.8 Å². The highest BCUT2D eigenvalue weighted by Crippen LogP contribution is 2.24. The number of hydrogen-bond donors (Lipinski definition) is 1. The Hall–Kier alpha value is -0.870. The molecule has 0 spiro atoms. The van der Waals surface area contributed by atoms with Crippen LogP contribution < -0.4 is 4.90 Å². The molecule has 0 radical (unpaired) electrons. The summed E-state index contributed by atoms with van der Waals surface area (Å²) in [6.45, 7) is 3.70. The van der Waals surface area contributed by atoms with Crippen LogP contribution in [0.25, 0.3) is 0 Å². The Kier molecular flexibility index (Phi) is 3.61. The van der Waals surface area contributed by atoms with Gasteiger partial charge in [0.1, 0.15) is 17.3 Å². The number of aliphatic hydroxyl groups is 1. The van der Waals surface area contributed by atoms with Gasteiger partial charge >= 0.3 is 0 Å². The van der Waals surface area contributed by atoms with Gasteiger partial charge in [0.25, 0.3) is 0 Å². The van der Waals surface area contributed by atoms with Gasteiger partial charge in [-0.25, -0.2) is 9.97 Å². The summed E-state index contributed by atoms with van der Waals surface area (Å²) in [6.07, 6.45) is 3.27. The SMILES string of the molecule is C[C@H](O)C1CCN(c2cc(Cl)ncn2)CC1. The van der Waals surface area contributed by atoms with E-state index in [9.17, 15) is 5.11 Å². The van der Waals surface area contributed by atoms with Crippen molar-refractivity contribution in [1.29, 1.82) is 0 Å². The molecule has 5 heteroatoms. The lowest BCUT2D eigenvalue weighted by Crippen LogP contribution is -2.37. The smallest absolute Gasteiger partial charge is 0.134 e. The van der Waals surface area contributed by atoms with Crippen LogP contribution in [0, 0.1) is 5.92 Å². The monoisotopic (exact) mass is 241 g/mol. The van der Waals surface area contributed by atoms with E-state index in [2.05, 4.69) is 14.9 Å². The van der Waals surface area contributed by atoms with Gasteiger partial charge in [0, 0.05) is 19.2 Å². The van der Waals surface area contributed by atoms with Gasteiger partial charge in [-0.15, -0.1) is 0 Å². The van der Waals surface area contributed by atoms with Crippen LogP contribution in [0.2, 0.25) is 5.15 Å². The molecule has 1 aromatic heterocycles. The number of aliphatic hydroxyl groups excluding tert-OH is 1. The van der Waals surface area contributed by atoms with E-state index in [-0.39, 0.29) is 6.10 Å². The predicted octanol–water partition coefficient (Wildman–Crippen LogP) is 1.73. The van der Waals surface area contributed by atoms with Crippen molar-refractivity contribution in [3.63, 3.8) is 0 Å². The first-order chi connectivity index (χ1) is 7.66. The Bertz CT molecular complexity index is 351. The molecule has 4 nitrogen and oxygen atoms in total. The molecule has 1 aromatic rings. The maximum atomic E-state index is 9.51. The first kappa shape index (κ1) is 11.6. The molecule has 16 heavy (non-hydrogen) atoms. The number of rotatable bonds is 2. The highest BCUT2D eigenvalue weighted by atomic mass is 35.5. The fourth-order valence-electron chi connectivity index (χ4n) is 2.11. The Labute approximate surface area is 100 Å². The highest BCUT2D eigenvalue weighted by molar-refractivity contribution is 6.29. The van der Waals surface area contributed by atoms with Crippen LogP contribution >= 0.6 is 11.6 Å². The number of piperidine rings is 1. The second-order valence-corrected chi connectivity index (χ2v) is 4.65. The molecule has 0 saturated carbocycles. The van der Waals surface area contributed by atoms with Gasteiger partial charge in [-0.2, -0.15) is 0 Å². The summed E-state index contributed by atoms with van der Waals surface area (Å²) in [7, 11) is 0. The summed E-state index contributed by atoms with van der Waals surface area (Å²) in [5.74, 6) is 1.29. The zero-order valence-electron chi connectivity index (χ0n) is 9.30. The average molecular weight is 242 g/mol. The topological polar surface area (TPSA) is 49.2 Å². The summed E-state index contributed by atoms with van der Waals surface area (Å²) >= 11 is 5.83. The zero-order chi connectivity index (χ0) is 11.5. The van der Waals surface area contributed by atoms with E-state index >= 15 is 0 Å². The second kappa shape index (κ2) is 4.97. The summed E-state index contributed by atoms with van der Waals surface area (Å²) in [5, 5.41) is 9.99. The lowest BCUT2D eigenvalue weighted by atomic mass is 9.92. The predicted molar refractivity (Wildman–Crippen MR) is 63.7 cm³/mol. The molecule has 1 fully saturated rings. The lowest BCUT2D eigenvalue weighted by molar-refractivity contribution is 0.110. The number of aromatic nitrogens is 2. The van der Waals surface area contributed by atoms with Crippen molar-refractivity contribution < 1.29 is 5.11 Å². The average Bonchev–Trinajstić information content (AvgIpc) is 2.29. The van der Waals surface area contributed by atoms with Gasteiger partial charge < -0.3 is 10.0 Å². The van der Waals surface area contributed by atoms with Crippen molar-refractivity contribution in [1.82, 2.24) is 9.97 Å². The van der Waals surface area contributed by atoms with Crippen LogP contribution in [-0.2, 0) is 0 Å². The minimum Gasteiger partial charge on any atom is -0.393 e. The molecule has 1 aliphatic heterocycles. The molecular formula is C11H16ClN3O. The normalized spacial score (nSPS) is 19.8. The van der Waals surface area contributed by atoms with Gasteiger partial charge in [0.05, 0.1) is 6.10 Å². The Morgan fingerprint density at radius 1 is 1.44 bits per heavy atom. The molecule has 0 unspecified atom stereocenters. The lowest BCUT2D eigenvalue weighted by Gasteiger charge is -2.33. The number of nitrogens with zero attached hydrogens (tertiary/aromatic N) is 3. The van der Waals surface area contributed by atoms with Gasteiger partial charge in [0.15, 0.2) is 0 Å². The van der Waals surface area contributed by atoms with E-state index in [1.165, 1.54) is 6.33 Å². The quantitative estimate of drug-likeness (QED) is 0.802. The van der Waals surface area contributed by atoms with E-state index in [1.54, 1.807) is 6.07 Å². The van der Waals surface area contributed by atoms with Crippen LogP contribution in [-0.4, -0.2) is 34.3 Å². The molecular weight excluding hydrogens is 226 g/mol. The fraction of sp³-hybridized carbons (Fsp3) is 0.636. The van der Waals surface area contributed by atoms with Gasteiger partial charge in [-0.05, 0) is 25.7 Å². The number of hydrogen-bond acceptors (Lipinski definition) is 4. The summed E-state index contributed by atoms with van der Waals surface area (Å²) in [5.41, 5.74) is 0. The van der Waals surface area contributed by atoms with Crippen molar-refractivity contribution in [3.8, 4) is 0 Å². The fourth-order valence-corrected chi connectivity index (χ4v) is 2.25. The van der Waals surface area contributed by atoms with Crippen LogP contribution in [0.15, 0.2) is 12.4 Å². The minimum atomic E-state index is -0.212. The number of halogens is 1. The van der Waals surface area contributed by atoms with Crippen molar-refractivity contribution in [2.75, 3.05) is 18.0 Å². The third-order valence-electron chi connectivity index (χ3n) is 3.17. The molecule has 2 heterocycles. The van der Waals surface area contributed by atoms with Crippen molar-refractivity contribution >= 4 is 17.4 Å². The molecule has 0 aliphatic carbocycles. The standard InChI is InChI=1S/C11H16ClN3O/c1-8(16)9-2-4-15(5-3-9)11-6-10(12)13-7-14-11/h6-9,16H,2-5H2,1H3/t8-/m0/s1. The van der Waals surface area contributed by atoms with E-state index in [4.69, 9.17) is 11.6 Å². The van der Waals surface area contributed by atoms with E-state index in [0.717, 1.165) is 31.7 Å². The minimum absolute atomic E-state index is 0.212. The van der Waals surface area contributed by atoms with Gasteiger partial charge in [-0.1, -0.05) is 11.6 Å². The molecule has 0 amide bonds. The molecule has 0 aromatic carbocycles. The van der Waals surface area contributed by atoms with Crippen molar-refractivity contribution in [2.45, 2.75) is 25.9 Å². The van der Waals surface area contributed by atoms with Crippen LogP contribution in [0.4, 0.5) is 5.82 Å². The third kappa shape index (κ3) is 2.62. The molecule has 1 aliphatic rings. The maximum Gasteiger partial charge on any atom is 0.134 e. The van der Waals surface area contributed by atoms with Gasteiger partial charge in [-0.3, -0.25) is 0 Å². The molecule has 1 N–H and O–H groups in total. The first-order valence-electron chi connectivity index (χ1n) is 5.57. The summed E-state index contributed by atoms with van der Waals surface area (Å²) in [6, 6.07) is 1.78.